The van der Waals surface area contributed by atoms with E-state index in [2.05, 4.69) is 31.0 Å². The van der Waals surface area contributed by atoms with Crippen LogP contribution < -0.4 is 5.32 Å². The van der Waals surface area contributed by atoms with E-state index >= 15 is 0 Å². The first-order valence-electron chi connectivity index (χ1n) is 8.45. The van der Waals surface area contributed by atoms with Crippen molar-refractivity contribution in [2.45, 2.75) is 71.0 Å². The molecule has 1 N–H and O–H groups in total. The van der Waals surface area contributed by atoms with Crippen LogP contribution in [0.5, 0.6) is 0 Å². The zero-order valence-electron chi connectivity index (χ0n) is 13.4. The smallest absolute Gasteiger partial charge is 0.239 e. The minimum Gasteiger partial charge on any atom is -0.342 e. The lowest BCUT2D eigenvalue weighted by molar-refractivity contribution is -0.136. The number of amides is 1. The number of carbonyl (C=O) groups is 1. The van der Waals surface area contributed by atoms with Crippen molar-refractivity contribution < 1.29 is 4.79 Å². The summed E-state index contributed by atoms with van der Waals surface area (Å²) in [5.74, 6) is 0.303. The van der Waals surface area contributed by atoms with E-state index < -0.39 is 0 Å². The molecule has 1 heterocycles. The third-order valence-corrected chi connectivity index (χ3v) is 4.79. The summed E-state index contributed by atoms with van der Waals surface area (Å²) in [5, 5.41) is 3.62. The van der Waals surface area contributed by atoms with Gasteiger partial charge in [-0.1, -0.05) is 6.42 Å². The molecule has 4 heteroatoms. The number of likely N-dealkylation sites (N-methyl/N-ethyl adjacent to an activating group) is 1. The predicted octanol–water partition coefficient (Wildman–Crippen LogP) is 1.85. The Bertz CT molecular complexity index is 307. The van der Waals surface area contributed by atoms with Crippen LogP contribution in [0.25, 0.3) is 0 Å². The van der Waals surface area contributed by atoms with Crippen LogP contribution in [-0.2, 0) is 4.79 Å². The maximum atomic E-state index is 12.6. The summed E-state index contributed by atoms with van der Waals surface area (Å²) in [6.07, 6.45) is 6.42. The number of hydrogen-bond acceptors (Lipinski definition) is 3. The highest BCUT2D eigenvalue weighted by atomic mass is 16.2. The molecule has 0 aromatic carbocycles. The molecule has 4 nitrogen and oxygen atoms in total. The number of piperidine rings is 1. The van der Waals surface area contributed by atoms with Gasteiger partial charge in [0.15, 0.2) is 0 Å². The molecule has 0 bridgehead atoms. The highest BCUT2D eigenvalue weighted by molar-refractivity contribution is 5.81. The highest BCUT2D eigenvalue weighted by Gasteiger charge is 2.37. The molecule has 0 aromatic rings. The van der Waals surface area contributed by atoms with Gasteiger partial charge in [0.1, 0.15) is 0 Å². The Balaban J connectivity index is 1.94. The summed E-state index contributed by atoms with van der Waals surface area (Å²) >= 11 is 0. The molecule has 116 valence electrons. The van der Waals surface area contributed by atoms with Gasteiger partial charge in [0.2, 0.25) is 5.91 Å². The molecule has 1 saturated carbocycles. The average Bonchev–Trinajstić information content (AvgIpc) is 3.31. The molecule has 2 rings (SSSR count). The largest absolute Gasteiger partial charge is 0.342 e. The van der Waals surface area contributed by atoms with E-state index in [1.54, 1.807) is 0 Å². The Morgan fingerprint density at radius 2 is 1.90 bits per heavy atom. The van der Waals surface area contributed by atoms with E-state index in [1.807, 2.05) is 4.90 Å². The Hall–Kier alpha value is -0.610. The lowest BCUT2D eigenvalue weighted by Gasteiger charge is -2.36. The minimum absolute atomic E-state index is 0.0335. The summed E-state index contributed by atoms with van der Waals surface area (Å²) in [6, 6.07) is 1.26. The maximum absolute atomic E-state index is 12.6. The van der Waals surface area contributed by atoms with Crippen LogP contribution in [0.4, 0.5) is 0 Å². The van der Waals surface area contributed by atoms with Gasteiger partial charge in [-0.05, 0) is 53.0 Å². The van der Waals surface area contributed by atoms with Crippen LogP contribution in [0, 0.1) is 0 Å². The van der Waals surface area contributed by atoms with E-state index in [0.717, 1.165) is 26.2 Å². The summed E-state index contributed by atoms with van der Waals surface area (Å²) in [7, 11) is 0. The predicted molar refractivity (Wildman–Crippen MR) is 82.8 cm³/mol. The summed E-state index contributed by atoms with van der Waals surface area (Å²) in [4.78, 5) is 17.0. The third kappa shape index (κ3) is 3.95. The maximum Gasteiger partial charge on any atom is 0.239 e. The van der Waals surface area contributed by atoms with Crippen molar-refractivity contribution in [3.63, 3.8) is 0 Å². The van der Waals surface area contributed by atoms with Crippen molar-refractivity contribution in [3.05, 3.63) is 0 Å². The fourth-order valence-corrected chi connectivity index (χ4v) is 3.31. The van der Waals surface area contributed by atoms with Gasteiger partial charge in [-0.3, -0.25) is 9.69 Å². The van der Waals surface area contributed by atoms with Gasteiger partial charge in [-0.25, -0.2) is 0 Å². The van der Waals surface area contributed by atoms with E-state index in [9.17, 15) is 4.79 Å². The summed E-state index contributed by atoms with van der Waals surface area (Å²) in [6.45, 7) is 10.1. The zero-order chi connectivity index (χ0) is 14.5. The molecule has 0 aromatic heterocycles. The lowest BCUT2D eigenvalue weighted by Crippen LogP contribution is -2.52. The Morgan fingerprint density at radius 3 is 2.40 bits per heavy atom. The first kappa shape index (κ1) is 15.8. The second-order valence-electron chi connectivity index (χ2n) is 6.26. The van der Waals surface area contributed by atoms with E-state index in [-0.39, 0.29) is 6.04 Å². The number of nitrogens with zero attached hydrogens (tertiary/aromatic N) is 2. The van der Waals surface area contributed by atoms with Crippen molar-refractivity contribution in [2.75, 3.05) is 26.2 Å². The van der Waals surface area contributed by atoms with Crippen LogP contribution in [0.1, 0.15) is 52.9 Å². The fraction of sp³-hybridized carbons (Fsp3) is 0.938. The quantitative estimate of drug-likeness (QED) is 0.773. The number of rotatable bonds is 7. The Morgan fingerprint density at radius 1 is 1.20 bits per heavy atom. The van der Waals surface area contributed by atoms with Crippen LogP contribution in [-0.4, -0.2) is 60.0 Å². The van der Waals surface area contributed by atoms with Crippen molar-refractivity contribution in [1.82, 2.24) is 15.1 Å². The van der Waals surface area contributed by atoms with Gasteiger partial charge >= 0.3 is 0 Å². The van der Waals surface area contributed by atoms with Crippen molar-refractivity contribution in [1.29, 1.82) is 0 Å². The van der Waals surface area contributed by atoms with Crippen LogP contribution in [0.2, 0.25) is 0 Å². The number of nitrogens with one attached hydrogen (secondary N) is 1. The molecule has 1 amide bonds. The topological polar surface area (TPSA) is 35.6 Å². The molecule has 1 aliphatic carbocycles. The number of carbonyl (C=O) groups excluding carboxylic acids is 1. The average molecular weight is 281 g/mol. The molecular weight excluding hydrogens is 250 g/mol. The first-order chi connectivity index (χ1) is 9.67. The summed E-state index contributed by atoms with van der Waals surface area (Å²) < 4.78 is 0. The van der Waals surface area contributed by atoms with Gasteiger partial charge in [-0.15, -0.1) is 0 Å². The van der Waals surface area contributed by atoms with Gasteiger partial charge in [0.25, 0.3) is 0 Å². The zero-order valence-corrected chi connectivity index (χ0v) is 13.4. The van der Waals surface area contributed by atoms with E-state index in [1.165, 1.54) is 32.1 Å². The second kappa shape index (κ2) is 7.41. The van der Waals surface area contributed by atoms with Gasteiger partial charge in [-0.2, -0.15) is 0 Å². The highest BCUT2D eigenvalue weighted by Crippen LogP contribution is 2.30. The van der Waals surface area contributed by atoms with Gasteiger partial charge in [0, 0.05) is 31.7 Å². The molecule has 2 atom stereocenters. The third-order valence-electron chi connectivity index (χ3n) is 4.79. The van der Waals surface area contributed by atoms with E-state index in [4.69, 9.17) is 0 Å². The van der Waals surface area contributed by atoms with Gasteiger partial charge in [0.05, 0.1) is 6.04 Å². The molecule has 2 aliphatic rings. The first-order valence-corrected chi connectivity index (χ1v) is 8.45. The number of hydrogen-bond donors (Lipinski definition) is 1. The molecule has 0 radical (unpaired) electrons. The summed E-state index contributed by atoms with van der Waals surface area (Å²) in [5.41, 5.74) is 0. The Kier molecular flexibility index (Phi) is 5.85. The molecule has 0 spiro atoms. The molecular formula is C16H31N3O. The monoisotopic (exact) mass is 281 g/mol. The van der Waals surface area contributed by atoms with Crippen LogP contribution in [0.3, 0.4) is 0 Å². The van der Waals surface area contributed by atoms with Crippen LogP contribution in [0.15, 0.2) is 0 Å². The SMILES string of the molecule is CCN(CC)C(=O)C(C)N(CC1CCCCN1)C1CC1. The van der Waals surface area contributed by atoms with Crippen molar-refractivity contribution in [3.8, 4) is 0 Å². The lowest BCUT2D eigenvalue weighted by atomic mass is 10.0. The molecule has 2 fully saturated rings. The molecule has 1 saturated heterocycles. The molecule has 2 unspecified atom stereocenters. The normalized spacial score (nSPS) is 24.7. The minimum atomic E-state index is 0.0335. The molecule has 20 heavy (non-hydrogen) atoms. The Labute approximate surface area is 123 Å². The van der Waals surface area contributed by atoms with E-state index in [0.29, 0.717) is 18.0 Å². The standard InChI is InChI=1S/C16H31N3O/c1-4-18(5-2)16(20)13(3)19(15-9-10-15)12-14-8-6-7-11-17-14/h13-15,17H,4-12H2,1-3H3. The van der Waals surface area contributed by atoms with Crippen molar-refractivity contribution >= 4 is 5.91 Å². The second-order valence-corrected chi connectivity index (χ2v) is 6.26. The van der Waals surface area contributed by atoms with Crippen molar-refractivity contribution in [2.24, 2.45) is 0 Å². The molecule has 1 aliphatic heterocycles. The van der Waals surface area contributed by atoms with Gasteiger partial charge < -0.3 is 10.2 Å². The fourth-order valence-electron chi connectivity index (χ4n) is 3.31. The van der Waals surface area contributed by atoms with Crippen LogP contribution >= 0.6 is 0 Å².